The molecule has 13 heavy (non-hydrogen) atoms. The molecule has 0 saturated heterocycles. The normalized spacial score (nSPS) is 10.4. The number of hydrogen-bond donors (Lipinski definition) is 1. The number of rotatable bonds is 5. The van der Waals surface area contributed by atoms with Crippen molar-refractivity contribution in [3.05, 3.63) is 0 Å². The molecule has 0 aromatic rings. The van der Waals surface area contributed by atoms with Crippen LogP contribution in [-0.2, 0) is 26.2 Å². The summed E-state index contributed by atoms with van der Waals surface area (Å²) in [6, 6.07) is 0. The molecule has 0 saturated carbocycles. The molecule has 0 aliphatic rings. The van der Waals surface area contributed by atoms with Crippen molar-refractivity contribution in [1.29, 1.82) is 0 Å². The van der Waals surface area contributed by atoms with Gasteiger partial charge in [-0.05, 0) is 0 Å². The van der Waals surface area contributed by atoms with Crippen LogP contribution >= 0.6 is 0 Å². The van der Waals surface area contributed by atoms with Crippen molar-refractivity contribution in [2.75, 3.05) is 0 Å². The fourth-order valence-corrected chi connectivity index (χ4v) is 0.854. The molecule has 4 nitrogen and oxygen atoms in total. The van der Waals surface area contributed by atoms with E-state index in [1.807, 2.05) is 0 Å². The Balaban J connectivity index is 0. The molecule has 0 unspecified atom stereocenters. The minimum atomic E-state index is -5.86. The summed E-state index contributed by atoms with van der Waals surface area (Å²) in [5.74, 6) is 0. The predicted molar refractivity (Wildman–Crippen MR) is 43.3 cm³/mol. The van der Waals surface area contributed by atoms with Crippen molar-refractivity contribution in [3.8, 4) is 0 Å². The molecule has 0 atom stereocenters. The van der Waals surface area contributed by atoms with E-state index in [2.05, 4.69) is 13.8 Å². The van der Waals surface area contributed by atoms with Crippen LogP contribution in [-0.4, -0.2) is 3.83 Å². The summed E-state index contributed by atoms with van der Waals surface area (Å²) in [6.07, 6.45) is 8.49. The summed E-state index contributed by atoms with van der Waals surface area (Å²) < 4.78 is 33.3. The Morgan fingerprint density at radius 3 is 1.23 bits per heavy atom. The molecule has 0 aliphatic carbocycles. The van der Waals surface area contributed by atoms with Gasteiger partial charge in [-0.2, -0.15) is 0 Å². The first-order valence-corrected chi connectivity index (χ1v) is 9.09. The van der Waals surface area contributed by atoms with Gasteiger partial charge >= 0.3 is 30.0 Å². The van der Waals surface area contributed by atoms with Crippen molar-refractivity contribution >= 4 is 0 Å². The van der Waals surface area contributed by atoms with Gasteiger partial charge in [-0.15, -0.1) is 0 Å². The molecule has 82 valence electrons. The van der Waals surface area contributed by atoms with Gasteiger partial charge in [0.2, 0.25) is 0 Å². The van der Waals surface area contributed by atoms with E-state index in [9.17, 15) is 0 Å². The third-order valence-electron chi connectivity index (χ3n) is 1.46. The van der Waals surface area contributed by atoms with Crippen LogP contribution in [0, 0.1) is 0 Å². The molecule has 0 rings (SSSR count). The van der Waals surface area contributed by atoms with Crippen LogP contribution in [0.3, 0.4) is 0 Å². The summed E-state index contributed by atoms with van der Waals surface area (Å²) in [5.41, 5.74) is 0. The third kappa shape index (κ3) is 47.9. The van der Waals surface area contributed by atoms with E-state index in [0.717, 1.165) is 0 Å². The van der Waals surface area contributed by atoms with Gasteiger partial charge < -0.3 is 0 Å². The summed E-state index contributed by atoms with van der Waals surface area (Å²) >= 11 is -5.86. The van der Waals surface area contributed by atoms with Crippen molar-refractivity contribution in [1.82, 2.24) is 0 Å². The van der Waals surface area contributed by atoms with Crippen molar-refractivity contribution < 1.29 is 30.0 Å². The zero-order valence-corrected chi connectivity index (χ0v) is 11.0. The van der Waals surface area contributed by atoms with Gasteiger partial charge in [-0.3, -0.25) is 0 Å². The fraction of sp³-hybridized carbons (Fsp3) is 1.00. The Labute approximate surface area is 82.7 Å². The van der Waals surface area contributed by atoms with Gasteiger partial charge in [0.15, 0.2) is 0 Å². The molecular formula is C8H19O4Re. The molecule has 5 heteroatoms. The molecular weight excluding hydrogens is 346 g/mol. The van der Waals surface area contributed by atoms with Crippen LogP contribution in [0.4, 0.5) is 0 Å². The second kappa shape index (κ2) is 10.1. The zero-order chi connectivity index (χ0) is 10.7. The Morgan fingerprint density at radius 1 is 0.846 bits per heavy atom. The average molecular weight is 365 g/mol. The second-order valence-corrected chi connectivity index (χ2v) is 5.66. The molecule has 0 bridgehead atoms. The first-order chi connectivity index (χ1) is 5.91. The summed E-state index contributed by atoms with van der Waals surface area (Å²) in [5, 5.41) is 0. The van der Waals surface area contributed by atoms with Gasteiger partial charge in [0.05, 0.1) is 0 Å². The quantitative estimate of drug-likeness (QED) is 0.760. The molecule has 0 spiro atoms. The van der Waals surface area contributed by atoms with Crippen molar-refractivity contribution in [2.24, 2.45) is 0 Å². The first kappa shape index (κ1) is 15.5. The number of hydrogen-bond acceptors (Lipinski definition) is 3. The molecule has 1 N–H and O–H groups in total. The first-order valence-electron chi connectivity index (χ1n) is 4.55. The van der Waals surface area contributed by atoms with Gasteiger partial charge in [0.25, 0.3) is 0 Å². The Bertz CT molecular complexity index is 204. The summed E-state index contributed by atoms with van der Waals surface area (Å²) in [7, 11) is 0. The molecule has 0 fully saturated rings. The minimum absolute atomic E-state index is 1.36. The van der Waals surface area contributed by atoms with E-state index in [1.165, 1.54) is 38.5 Å². The topological polar surface area (TPSA) is 71.4 Å². The van der Waals surface area contributed by atoms with Gasteiger partial charge in [0, 0.05) is 0 Å². The van der Waals surface area contributed by atoms with Crippen LogP contribution in [0.1, 0.15) is 52.4 Å². The van der Waals surface area contributed by atoms with Crippen LogP contribution in [0.15, 0.2) is 0 Å². The summed E-state index contributed by atoms with van der Waals surface area (Å²) in [4.78, 5) is 0. The van der Waals surface area contributed by atoms with Gasteiger partial charge in [0.1, 0.15) is 0 Å². The van der Waals surface area contributed by atoms with Crippen LogP contribution in [0.2, 0.25) is 0 Å². The monoisotopic (exact) mass is 366 g/mol. The van der Waals surface area contributed by atoms with E-state index in [1.54, 1.807) is 0 Å². The fourth-order valence-electron chi connectivity index (χ4n) is 0.854. The maximum atomic E-state index is 8.75. The zero-order valence-electron chi connectivity index (χ0n) is 8.29. The van der Waals surface area contributed by atoms with Crippen molar-refractivity contribution in [3.63, 3.8) is 0 Å². The molecule has 0 amide bonds. The SMILES string of the molecule is CCCCCCCC.[O]=[Re](=[O])(=[O])[OH]. The Kier molecular flexibility index (Phi) is 12.0. The molecule has 0 aromatic carbocycles. The molecule has 0 aromatic heterocycles. The van der Waals surface area contributed by atoms with Gasteiger partial charge in [-0.25, -0.2) is 0 Å². The third-order valence-corrected chi connectivity index (χ3v) is 1.46. The van der Waals surface area contributed by atoms with E-state index in [-0.39, 0.29) is 0 Å². The molecule has 0 aliphatic heterocycles. The van der Waals surface area contributed by atoms with Crippen LogP contribution in [0.25, 0.3) is 0 Å². The maximum absolute atomic E-state index is 8.75. The average Bonchev–Trinajstić information content (AvgIpc) is 1.95. The standard InChI is InChI=1S/C8H18.H2O.3O.Re/c1-3-5-7-8-6-4-2;;;;;/h3-8H2,1-2H3;1H2;;;;/q;;;;;+1/p-1. The Hall–Kier alpha value is 0.0223. The molecule has 0 heterocycles. The number of unbranched alkanes of at least 4 members (excludes halogenated alkanes) is 5. The van der Waals surface area contributed by atoms with Crippen molar-refractivity contribution in [2.45, 2.75) is 52.4 Å². The Morgan fingerprint density at radius 2 is 1.08 bits per heavy atom. The van der Waals surface area contributed by atoms with Crippen LogP contribution in [0.5, 0.6) is 0 Å². The second-order valence-electron chi connectivity index (χ2n) is 2.81. The van der Waals surface area contributed by atoms with E-state index < -0.39 is 15.8 Å². The molecule has 0 radical (unpaired) electrons. The van der Waals surface area contributed by atoms with E-state index >= 15 is 0 Å². The van der Waals surface area contributed by atoms with Gasteiger partial charge in [-0.1, -0.05) is 52.4 Å². The predicted octanol–water partition coefficient (Wildman–Crippen LogP) is 2.45. The van der Waals surface area contributed by atoms with E-state index in [0.29, 0.717) is 0 Å². The van der Waals surface area contributed by atoms with Crippen LogP contribution < -0.4 is 0 Å². The van der Waals surface area contributed by atoms with E-state index in [4.69, 9.17) is 14.2 Å². The summed E-state index contributed by atoms with van der Waals surface area (Å²) in [6.45, 7) is 4.51.